The number of esters is 1. The Hall–Kier alpha value is -4.07. The van der Waals surface area contributed by atoms with E-state index in [9.17, 15) is 18.0 Å². The molecule has 0 unspecified atom stereocenters. The molecule has 0 saturated carbocycles. The molecule has 0 aliphatic carbocycles. The van der Waals surface area contributed by atoms with Gasteiger partial charge in [-0.05, 0) is 42.8 Å². The highest BCUT2D eigenvalue weighted by molar-refractivity contribution is 5.99. The second-order valence-electron chi connectivity index (χ2n) is 7.79. The number of halogens is 3. The van der Waals surface area contributed by atoms with Crippen LogP contribution in [0.4, 0.5) is 19.0 Å². The van der Waals surface area contributed by atoms with Crippen LogP contribution < -0.4 is 4.90 Å². The third-order valence-corrected chi connectivity index (χ3v) is 5.63. The van der Waals surface area contributed by atoms with Crippen molar-refractivity contribution in [1.82, 2.24) is 9.38 Å². The lowest BCUT2D eigenvalue weighted by atomic mass is 10.0. The Morgan fingerprint density at radius 2 is 1.68 bits per heavy atom. The molecule has 5 nitrogen and oxygen atoms in total. The Bertz CT molecular complexity index is 1390. The van der Waals surface area contributed by atoms with Crippen molar-refractivity contribution in [2.45, 2.75) is 13.1 Å². The lowest BCUT2D eigenvalue weighted by molar-refractivity contribution is -0.141. The van der Waals surface area contributed by atoms with Gasteiger partial charge in [0.05, 0.1) is 23.6 Å². The number of anilines is 1. The highest BCUT2D eigenvalue weighted by Crippen LogP contribution is 2.41. The molecule has 4 aromatic rings. The molecule has 3 heterocycles. The lowest BCUT2D eigenvalue weighted by Crippen LogP contribution is -2.33. The predicted molar refractivity (Wildman–Crippen MR) is 124 cm³/mol. The monoisotopic (exact) mass is 463 g/mol. The second kappa shape index (κ2) is 8.37. The van der Waals surface area contributed by atoms with E-state index in [2.05, 4.69) is 0 Å². The van der Waals surface area contributed by atoms with Crippen LogP contribution in [0, 0.1) is 0 Å². The minimum atomic E-state index is -4.44. The third-order valence-electron chi connectivity index (χ3n) is 5.63. The van der Waals surface area contributed by atoms with Gasteiger partial charge in [0.2, 0.25) is 0 Å². The van der Waals surface area contributed by atoms with Crippen LogP contribution in [-0.2, 0) is 15.7 Å². The summed E-state index contributed by atoms with van der Waals surface area (Å²) in [7, 11) is 0. The van der Waals surface area contributed by atoms with Crippen LogP contribution in [0.15, 0.2) is 72.8 Å². The first-order valence-electron chi connectivity index (χ1n) is 10.8. The molecule has 0 bridgehead atoms. The number of carbonyl (C=O) groups is 1. The number of hydrogen-bond acceptors (Lipinski definition) is 4. The molecule has 34 heavy (non-hydrogen) atoms. The maximum Gasteiger partial charge on any atom is 0.416 e. The van der Waals surface area contributed by atoms with Crippen LogP contribution in [0.2, 0.25) is 0 Å². The molecule has 0 saturated heterocycles. The second-order valence-corrected chi connectivity index (χ2v) is 7.79. The van der Waals surface area contributed by atoms with Crippen LogP contribution in [0.3, 0.4) is 0 Å². The molecule has 0 radical (unpaired) electrons. The largest absolute Gasteiger partial charge is 0.465 e. The van der Waals surface area contributed by atoms with Crippen LogP contribution in [-0.4, -0.2) is 28.5 Å². The molecule has 1 aliphatic rings. The van der Waals surface area contributed by atoms with Gasteiger partial charge >= 0.3 is 12.1 Å². The van der Waals surface area contributed by atoms with Crippen molar-refractivity contribution >= 4 is 29.2 Å². The zero-order valence-electron chi connectivity index (χ0n) is 18.2. The van der Waals surface area contributed by atoms with Crippen LogP contribution in [0.5, 0.6) is 0 Å². The van der Waals surface area contributed by atoms with E-state index < -0.39 is 17.7 Å². The maximum atomic E-state index is 13.1. The van der Waals surface area contributed by atoms with Gasteiger partial charge in [0, 0.05) is 5.56 Å². The van der Waals surface area contributed by atoms with Gasteiger partial charge in [-0.1, -0.05) is 48.5 Å². The summed E-state index contributed by atoms with van der Waals surface area (Å²) in [6, 6.07) is 20.1. The van der Waals surface area contributed by atoms with Gasteiger partial charge in [0.15, 0.2) is 0 Å². The molecule has 0 amide bonds. The Kier molecular flexibility index (Phi) is 5.36. The molecule has 8 heteroatoms. The number of carbonyl (C=O) groups excluding carboxylic acids is 1. The van der Waals surface area contributed by atoms with E-state index >= 15 is 0 Å². The highest BCUT2D eigenvalue weighted by Gasteiger charge is 2.32. The highest BCUT2D eigenvalue weighted by atomic mass is 19.4. The predicted octanol–water partition coefficient (Wildman–Crippen LogP) is 5.90. The Labute approximate surface area is 193 Å². The summed E-state index contributed by atoms with van der Waals surface area (Å²) >= 11 is 0. The fourth-order valence-corrected chi connectivity index (χ4v) is 4.15. The van der Waals surface area contributed by atoms with E-state index in [1.165, 1.54) is 12.1 Å². The van der Waals surface area contributed by atoms with Crippen molar-refractivity contribution in [3.05, 3.63) is 89.6 Å². The van der Waals surface area contributed by atoms with Crippen LogP contribution in [0.1, 0.15) is 23.7 Å². The van der Waals surface area contributed by atoms with E-state index in [0.29, 0.717) is 28.4 Å². The molecule has 172 valence electrons. The summed E-state index contributed by atoms with van der Waals surface area (Å²) < 4.78 is 46.6. The summed E-state index contributed by atoms with van der Waals surface area (Å²) in [4.78, 5) is 19.2. The number of hydrogen-bond donors (Lipinski definition) is 0. The topological polar surface area (TPSA) is 46.8 Å². The standard InChI is InChI=1S/C26H20F3N3O2/c1-2-34-23(33)16-31-21(17-11-13-19(14-12-17)26(27,28)29)15-20-9-6-10-22-30-24(25(31)32(20)22)18-7-4-3-5-8-18/h3-15H,2,16H2,1H3. The quantitative estimate of drug-likeness (QED) is 0.346. The van der Waals surface area contributed by atoms with Crippen molar-refractivity contribution in [2.24, 2.45) is 0 Å². The molecular weight excluding hydrogens is 443 g/mol. The van der Waals surface area contributed by atoms with Crippen LogP contribution >= 0.6 is 0 Å². The molecule has 2 aromatic heterocycles. The Morgan fingerprint density at radius 1 is 0.941 bits per heavy atom. The van der Waals surface area contributed by atoms with Crippen molar-refractivity contribution in [1.29, 1.82) is 0 Å². The molecule has 0 fully saturated rings. The van der Waals surface area contributed by atoms with Gasteiger partial charge in [-0.2, -0.15) is 13.2 Å². The number of ether oxygens (including phenoxy) is 1. The fraction of sp³-hybridized carbons (Fsp3) is 0.154. The molecule has 1 aliphatic heterocycles. The maximum absolute atomic E-state index is 13.1. The Balaban J connectivity index is 1.71. The van der Waals surface area contributed by atoms with Gasteiger partial charge < -0.3 is 9.64 Å². The zero-order valence-corrected chi connectivity index (χ0v) is 18.2. The molecule has 2 aromatic carbocycles. The number of rotatable bonds is 5. The van der Waals surface area contributed by atoms with Gasteiger partial charge in [-0.25, -0.2) is 4.98 Å². The van der Waals surface area contributed by atoms with E-state index in [4.69, 9.17) is 9.72 Å². The van der Waals surface area contributed by atoms with E-state index in [1.54, 1.807) is 11.8 Å². The first kappa shape index (κ1) is 21.8. The van der Waals surface area contributed by atoms with Crippen LogP contribution in [0.25, 0.3) is 28.7 Å². The number of pyridine rings is 1. The summed E-state index contributed by atoms with van der Waals surface area (Å²) in [5.41, 5.74) is 3.41. The van der Waals surface area contributed by atoms with Gasteiger partial charge in [-0.15, -0.1) is 0 Å². The Morgan fingerprint density at radius 3 is 2.35 bits per heavy atom. The number of aromatic nitrogens is 2. The number of imidazole rings is 1. The van der Waals surface area contributed by atoms with Gasteiger partial charge in [0.1, 0.15) is 23.7 Å². The summed E-state index contributed by atoms with van der Waals surface area (Å²) in [5, 5.41) is 0. The van der Waals surface area contributed by atoms with Gasteiger partial charge in [0.25, 0.3) is 0 Å². The average Bonchev–Trinajstić information content (AvgIpc) is 3.22. The first-order chi connectivity index (χ1) is 16.4. The molecule has 0 atom stereocenters. The van der Waals surface area contributed by atoms with E-state index in [0.717, 1.165) is 23.4 Å². The number of alkyl halides is 3. The molecule has 5 rings (SSSR count). The smallest absolute Gasteiger partial charge is 0.416 e. The van der Waals surface area contributed by atoms with E-state index in [-0.39, 0.29) is 13.2 Å². The molecule has 0 spiro atoms. The molecule has 0 N–H and O–H groups in total. The van der Waals surface area contributed by atoms with Crippen molar-refractivity contribution in [3.8, 4) is 11.3 Å². The third kappa shape index (κ3) is 3.81. The summed E-state index contributed by atoms with van der Waals surface area (Å²) in [5.74, 6) is 0.205. The van der Waals surface area contributed by atoms with Crippen molar-refractivity contribution in [3.63, 3.8) is 0 Å². The normalized spacial score (nSPS) is 13.2. The van der Waals surface area contributed by atoms with E-state index in [1.807, 2.05) is 59.0 Å². The molecular formula is C26H20F3N3O2. The van der Waals surface area contributed by atoms with Crippen molar-refractivity contribution < 1.29 is 22.7 Å². The average molecular weight is 463 g/mol. The lowest BCUT2D eigenvalue weighted by Gasteiger charge is -2.31. The van der Waals surface area contributed by atoms with Crippen molar-refractivity contribution in [2.75, 3.05) is 18.1 Å². The SMILES string of the molecule is CCOC(=O)CN1C(c2ccc(C(F)(F)F)cc2)=Cc2cccc3nc(-c4ccccc4)c1n23. The summed E-state index contributed by atoms with van der Waals surface area (Å²) in [6.07, 6.45) is -2.59. The minimum Gasteiger partial charge on any atom is -0.465 e. The summed E-state index contributed by atoms with van der Waals surface area (Å²) in [6.45, 7) is 1.82. The van der Waals surface area contributed by atoms with Gasteiger partial charge in [-0.3, -0.25) is 9.20 Å². The zero-order chi connectivity index (χ0) is 23.9. The number of benzene rings is 2. The first-order valence-corrected chi connectivity index (χ1v) is 10.8. The minimum absolute atomic E-state index is 0.122. The fourth-order valence-electron chi connectivity index (χ4n) is 4.15. The number of nitrogens with zero attached hydrogens (tertiary/aromatic N) is 3.